The first kappa shape index (κ1) is 13.5. The molecule has 2 rings (SSSR count). The van der Waals surface area contributed by atoms with Crippen molar-refractivity contribution in [2.75, 3.05) is 26.3 Å². The largest absolute Gasteiger partial charge is 0.394 e. The number of aryl methyl sites for hydroxylation is 1. The molecule has 18 heavy (non-hydrogen) atoms. The summed E-state index contributed by atoms with van der Waals surface area (Å²) in [6.45, 7) is 5.75. The maximum Gasteiger partial charge on any atom is 0.0701 e. The SMILES string of the molecule is Cc1cncc(CN2CCC(OCCO)CC2)c1. The zero-order valence-corrected chi connectivity index (χ0v) is 11.0. The number of piperidine rings is 1. The Hall–Kier alpha value is -0.970. The fourth-order valence-electron chi connectivity index (χ4n) is 2.42. The van der Waals surface area contributed by atoms with Crippen LogP contribution in [0.1, 0.15) is 24.0 Å². The van der Waals surface area contributed by atoms with E-state index in [-0.39, 0.29) is 6.61 Å². The Kier molecular flexibility index (Phi) is 5.11. The molecular weight excluding hydrogens is 228 g/mol. The number of aromatic nitrogens is 1. The molecule has 1 aliphatic heterocycles. The lowest BCUT2D eigenvalue weighted by molar-refractivity contribution is -0.00902. The highest BCUT2D eigenvalue weighted by atomic mass is 16.5. The second kappa shape index (κ2) is 6.83. The van der Waals surface area contributed by atoms with Gasteiger partial charge in [-0.2, -0.15) is 0 Å². The lowest BCUT2D eigenvalue weighted by Crippen LogP contribution is -2.36. The minimum atomic E-state index is 0.120. The number of likely N-dealkylation sites (tertiary alicyclic amines) is 1. The quantitative estimate of drug-likeness (QED) is 0.857. The first-order valence-electron chi connectivity index (χ1n) is 6.63. The number of hydrogen-bond acceptors (Lipinski definition) is 4. The van der Waals surface area contributed by atoms with Crippen LogP contribution in [0.3, 0.4) is 0 Å². The maximum absolute atomic E-state index is 8.73. The van der Waals surface area contributed by atoms with Crippen molar-refractivity contribution in [3.8, 4) is 0 Å². The second-order valence-electron chi connectivity index (χ2n) is 4.94. The molecule has 1 aromatic heterocycles. The average molecular weight is 250 g/mol. The number of ether oxygens (including phenoxy) is 1. The molecule has 0 radical (unpaired) electrons. The molecule has 0 aliphatic carbocycles. The minimum Gasteiger partial charge on any atom is -0.394 e. The molecule has 1 N–H and O–H groups in total. The van der Waals surface area contributed by atoms with Crippen LogP contribution in [0.25, 0.3) is 0 Å². The number of aliphatic hydroxyl groups excluding tert-OH is 1. The van der Waals surface area contributed by atoms with Crippen LogP contribution in [0, 0.1) is 6.92 Å². The van der Waals surface area contributed by atoms with Gasteiger partial charge in [-0.05, 0) is 30.9 Å². The van der Waals surface area contributed by atoms with E-state index in [0.29, 0.717) is 12.7 Å². The first-order valence-corrected chi connectivity index (χ1v) is 6.63. The van der Waals surface area contributed by atoms with Crippen molar-refractivity contribution >= 4 is 0 Å². The third-order valence-electron chi connectivity index (χ3n) is 3.32. The van der Waals surface area contributed by atoms with E-state index in [1.165, 1.54) is 11.1 Å². The van der Waals surface area contributed by atoms with E-state index >= 15 is 0 Å². The van der Waals surface area contributed by atoms with E-state index in [1.54, 1.807) is 0 Å². The zero-order valence-electron chi connectivity index (χ0n) is 11.0. The van der Waals surface area contributed by atoms with Crippen molar-refractivity contribution in [1.29, 1.82) is 0 Å². The summed E-state index contributed by atoms with van der Waals surface area (Å²) in [6, 6.07) is 2.20. The summed E-state index contributed by atoms with van der Waals surface area (Å²) in [6.07, 6.45) is 6.27. The molecule has 100 valence electrons. The van der Waals surface area contributed by atoms with Crippen molar-refractivity contribution < 1.29 is 9.84 Å². The molecule has 1 aromatic rings. The molecule has 0 unspecified atom stereocenters. The summed E-state index contributed by atoms with van der Waals surface area (Å²) in [5.74, 6) is 0. The normalized spacial score (nSPS) is 18.1. The van der Waals surface area contributed by atoms with Crippen molar-refractivity contribution in [2.24, 2.45) is 0 Å². The van der Waals surface area contributed by atoms with E-state index in [9.17, 15) is 0 Å². The van der Waals surface area contributed by atoms with Crippen LogP contribution in [0.5, 0.6) is 0 Å². The third-order valence-corrected chi connectivity index (χ3v) is 3.32. The van der Waals surface area contributed by atoms with Crippen LogP contribution >= 0.6 is 0 Å². The highest BCUT2D eigenvalue weighted by Crippen LogP contribution is 2.16. The molecule has 1 fully saturated rings. The van der Waals surface area contributed by atoms with E-state index in [4.69, 9.17) is 9.84 Å². The summed E-state index contributed by atoms with van der Waals surface area (Å²) in [5, 5.41) is 8.73. The number of rotatable bonds is 5. The smallest absolute Gasteiger partial charge is 0.0701 e. The minimum absolute atomic E-state index is 0.120. The van der Waals surface area contributed by atoms with Gasteiger partial charge >= 0.3 is 0 Å². The lowest BCUT2D eigenvalue weighted by Gasteiger charge is -2.31. The summed E-state index contributed by atoms with van der Waals surface area (Å²) in [5.41, 5.74) is 2.50. The van der Waals surface area contributed by atoms with Crippen LogP contribution in [0.15, 0.2) is 18.5 Å². The van der Waals surface area contributed by atoms with Crippen LogP contribution in [0.4, 0.5) is 0 Å². The molecule has 0 bridgehead atoms. The second-order valence-corrected chi connectivity index (χ2v) is 4.94. The molecule has 0 saturated carbocycles. The van der Waals surface area contributed by atoms with Gasteiger partial charge in [0.1, 0.15) is 0 Å². The van der Waals surface area contributed by atoms with Gasteiger partial charge in [-0.15, -0.1) is 0 Å². The standard InChI is InChI=1S/C14H22N2O2/c1-12-8-13(10-15-9-12)11-16-4-2-14(3-5-16)18-7-6-17/h8-10,14,17H,2-7,11H2,1H3. The van der Waals surface area contributed by atoms with Crippen LogP contribution in [0.2, 0.25) is 0 Å². The van der Waals surface area contributed by atoms with E-state index in [2.05, 4.69) is 22.9 Å². The number of nitrogens with zero attached hydrogens (tertiary/aromatic N) is 2. The highest BCUT2D eigenvalue weighted by Gasteiger charge is 2.19. The zero-order chi connectivity index (χ0) is 12.8. The van der Waals surface area contributed by atoms with Crippen molar-refractivity contribution in [1.82, 2.24) is 9.88 Å². The summed E-state index contributed by atoms with van der Waals surface area (Å²) >= 11 is 0. The molecule has 4 nitrogen and oxygen atoms in total. The summed E-state index contributed by atoms with van der Waals surface area (Å²) in [7, 11) is 0. The lowest BCUT2D eigenvalue weighted by atomic mass is 10.1. The van der Waals surface area contributed by atoms with Crippen LogP contribution in [-0.2, 0) is 11.3 Å². The van der Waals surface area contributed by atoms with Gasteiger partial charge in [0.25, 0.3) is 0 Å². The highest BCUT2D eigenvalue weighted by molar-refractivity contribution is 5.16. The Morgan fingerprint density at radius 3 is 2.83 bits per heavy atom. The molecule has 0 aromatic carbocycles. The first-order chi connectivity index (χ1) is 8.78. The Labute approximate surface area is 109 Å². The van der Waals surface area contributed by atoms with E-state index in [1.807, 2.05) is 12.4 Å². The predicted molar refractivity (Wildman–Crippen MR) is 70.3 cm³/mol. The molecule has 0 atom stereocenters. The number of pyridine rings is 1. The summed E-state index contributed by atoms with van der Waals surface area (Å²) < 4.78 is 5.56. The van der Waals surface area contributed by atoms with Crippen LogP contribution < -0.4 is 0 Å². The van der Waals surface area contributed by atoms with Crippen molar-refractivity contribution in [3.63, 3.8) is 0 Å². The topological polar surface area (TPSA) is 45.6 Å². The number of aliphatic hydroxyl groups is 1. The molecule has 0 spiro atoms. The van der Waals surface area contributed by atoms with Crippen LogP contribution in [-0.4, -0.2) is 47.4 Å². The van der Waals surface area contributed by atoms with Crippen molar-refractivity contribution in [2.45, 2.75) is 32.4 Å². The molecule has 0 amide bonds. The van der Waals surface area contributed by atoms with Gasteiger partial charge in [-0.25, -0.2) is 0 Å². The maximum atomic E-state index is 8.73. The molecule has 1 saturated heterocycles. The van der Waals surface area contributed by atoms with Gasteiger partial charge in [-0.3, -0.25) is 9.88 Å². The fraction of sp³-hybridized carbons (Fsp3) is 0.643. The van der Waals surface area contributed by atoms with Gasteiger partial charge in [0.2, 0.25) is 0 Å². The Balaban J connectivity index is 1.76. The van der Waals surface area contributed by atoms with Gasteiger partial charge in [0.15, 0.2) is 0 Å². The Morgan fingerprint density at radius 1 is 1.39 bits per heavy atom. The third kappa shape index (κ3) is 4.05. The Bertz CT molecular complexity index is 363. The average Bonchev–Trinajstić information content (AvgIpc) is 2.38. The van der Waals surface area contributed by atoms with Gasteiger partial charge in [0, 0.05) is 32.0 Å². The van der Waals surface area contributed by atoms with Gasteiger partial charge < -0.3 is 9.84 Å². The summed E-state index contributed by atoms with van der Waals surface area (Å²) in [4.78, 5) is 6.67. The molecule has 4 heteroatoms. The fourth-order valence-corrected chi connectivity index (χ4v) is 2.42. The van der Waals surface area contributed by atoms with E-state index < -0.39 is 0 Å². The molecular formula is C14H22N2O2. The monoisotopic (exact) mass is 250 g/mol. The molecule has 1 aliphatic rings. The van der Waals surface area contributed by atoms with E-state index in [0.717, 1.165) is 32.5 Å². The molecule has 2 heterocycles. The van der Waals surface area contributed by atoms with Gasteiger partial charge in [0.05, 0.1) is 19.3 Å². The Morgan fingerprint density at radius 2 is 2.17 bits per heavy atom. The number of hydrogen-bond donors (Lipinski definition) is 1. The van der Waals surface area contributed by atoms with Gasteiger partial charge in [-0.1, -0.05) is 6.07 Å². The van der Waals surface area contributed by atoms with Crippen molar-refractivity contribution in [3.05, 3.63) is 29.6 Å². The predicted octanol–water partition coefficient (Wildman–Crippen LogP) is 1.36.